The summed E-state index contributed by atoms with van der Waals surface area (Å²) < 4.78 is 0. The Kier molecular flexibility index (Phi) is 2.35. The van der Waals surface area contributed by atoms with Gasteiger partial charge in [0.25, 0.3) is 0 Å². The normalized spacial score (nSPS) is 12.6. The van der Waals surface area contributed by atoms with Crippen LogP contribution in [0, 0.1) is 0 Å². The highest BCUT2D eigenvalue weighted by Crippen LogP contribution is 2.43. The molecule has 2 aromatic carbocycles. The molecule has 0 unspecified atom stereocenters. The number of fused-ring (bicyclic) bond motifs is 2. The van der Waals surface area contributed by atoms with Crippen LogP contribution >= 0.6 is 11.8 Å². The molecule has 0 amide bonds. The number of hydrogen-bond acceptors (Lipinski definition) is 3. The minimum Gasteiger partial charge on any atom is -0.392 e. The van der Waals surface area contributed by atoms with E-state index in [2.05, 4.69) is 23.5 Å². The Morgan fingerprint density at radius 2 is 1.81 bits per heavy atom. The Balaban J connectivity index is 2.05. The molecule has 0 bridgehead atoms. The first-order chi connectivity index (χ1) is 7.86. The number of hydrogen-bond donors (Lipinski definition) is 2. The van der Waals surface area contributed by atoms with Crippen LogP contribution in [-0.2, 0) is 6.61 Å². The molecule has 0 saturated heterocycles. The molecule has 0 saturated carbocycles. The number of anilines is 2. The van der Waals surface area contributed by atoms with E-state index < -0.39 is 0 Å². The Hall–Kier alpha value is -1.45. The lowest BCUT2D eigenvalue weighted by atomic mass is 10.2. The summed E-state index contributed by atoms with van der Waals surface area (Å²) in [7, 11) is 0. The Labute approximate surface area is 98.3 Å². The predicted octanol–water partition coefficient (Wildman–Crippen LogP) is 3.39. The quantitative estimate of drug-likeness (QED) is 0.671. The van der Waals surface area contributed by atoms with Crippen LogP contribution < -0.4 is 5.32 Å². The first-order valence-corrected chi connectivity index (χ1v) is 5.96. The fourth-order valence-corrected chi connectivity index (χ4v) is 2.75. The Morgan fingerprint density at radius 1 is 1.00 bits per heavy atom. The average Bonchev–Trinajstić information content (AvgIpc) is 2.35. The van der Waals surface area contributed by atoms with Crippen LogP contribution in [0.15, 0.2) is 52.3 Å². The van der Waals surface area contributed by atoms with Crippen LogP contribution in [0.25, 0.3) is 0 Å². The summed E-state index contributed by atoms with van der Waals surface area (Å²) in [5.41, 5.74) is 3.15. The number of para-hydroxylation sites is 1. The molecular weight excluding hydrogens is 218 g/mol. The maximum absolute atomic E-state index is 9.10. The third-order valence-electron chi connectivity index (χ3n) is 2.60. The van der Waals surface area contributed by atoms with Gasteiger partial charge in [-0.15, -0.1) is 0 Å². The summed E-state index contributed by atoms with van der Waals surface area (Å²) in [6.45, 7) is 0.0846. The number of benzene rings is 2. The van der Waals surface area contributed by atoms with Gasteiger partial charge < -0.3 is 10.4 Å². The molecule has 3 rings (SSSR count). The molecule has 2 nitrogen and oxygen atoms in total. The van der Waals surface area contributed by atoms with Crippen LogP contribution in [-0.4, -0.2) is 5.11 Å². The number of nitrogens with one attached hydrogen (secondary N) is 1. The second-order valence-electron chi connectivity index (χ2n) is 3.71. The molecule has 2 N–H and O–H groups in total. The molecule has 0 aromatic heterocycles. The van der Waals surface area contributed by atoms with E-state index >= 15 is 0 Å². The second kappa shape index (κ2) is 3.85. The van der Waals surface area contributed by atoms with Gasteiger partial charge in [-0.3, -0.25) is 0 Å². The van der Waals surface area contributed by atoms with Gasteiger partial charge in [-0.05, 0) is 29.8 Å². The zero-order valence-electron chi connectivity index (χ0n) is 8.60. The summed E-state index contributed by atoms with van der Waals surface area (Å²) in [4.78, 5) is 2.45. The zero-order chi connectivity index (χ0) is 11.0. The summed E-state index contributed by atoms with van der Waals surface area (Å²) in [6, 6.07) is 14.2. The van der Waals surface area contributed by atoms with Crippen LogP contribution in [0.3, 0.4) is 0 Å². The smallest absolute Gasteiger partial charge is 0.0682 e. The SMILES string of the molecule is OCc1ccc2c(c1)Nc1ccccc1S2. The van der Waals surface area contributed by atoms with Crippen molar-refractivity contribution in [1.29, 1.82) is 0 Å². The highest BCUT2D eigenvalue weighted by atomic mass is 32.2. The zero-order valence-corrected chi connectivity index (χ0v) is 9.42. The van der Waals surface area contributed by atoms with E-state index in [-0.39, 0.29) is 6.61 Å². The summed E-state index contributed by atoms with van der Waals surface area (Å²) in [5.74, 6) is 0. The largest absolute Gasteiger partial charge is 0.392 e. The highest BCUT2D eigenvalue weighted by molar-refractivity contribution is 7.99. The molecule has 16 heavy (non-hydrogen) atoms. The van der Waals surface area contributed by atoms with E-state index in [9.17, 15) is 0 Å². The van der Waals surface area contributed by atoms with Crippen LogP contribution in [0.2, 0.25) is 0 Å². The molecule has 3 heteroatoms. The molecule has 2 aromatic rings. The maximum atomic E-state index is 9.10. The number of aliphatic hydroxyl groups is 1. The van der Waals surface area contributed by atoms with Crippen molar-refractivity contribution in [2.24, 2.45) is 0 Å². The number of rotatable bonds is 1. The molecule has 0 spiro atoms. The highest BCUT2D eigenvalue weighted by Gasteiger charge is 2.14. The van der Waals surface area contributed by atoms with Crippen molar-refractivity contribution in [1.82, 2.24) is 0 Å². The maximum Gasteiger partial charge on any atom is 0.0682 e. The van der Waals surface area contributed by atoms with Crippen molar-refractivity contribution >= 4 is 23.1 Å². The standard InChI is InChI=1S/C13H11NOS/c15-8-9-5-6-13-11(7-9)14-10-3-1-2-4-12(10)16-13/h1-7,14-15H,8H2. The summed E-state index contributed by atoms with van der Waals surface area (Å²) >= 11 is 1.76. The average molecular weight is 229 g/mol. The van der Waals surface area contributed by atoms with Gasteiger partial charge in [0.05, 0.1) is 18.0 Å². The lowest BCUT2D eigenvalue weighted by molar-refractivity contribution is 0.282. The van der Waals surface area contributed by atoms with Crippen LogP contribution in [0.1, 0.15) is 5.56 Å². The van der Waals surface area contributed by atoms with Gasteiger partial charge in [0.1, 0.15) is 0 Å². The van der Waals surface area contributed by atoms with E-state index in [1.165, 1.54) is 9.79 Å². The molecule has 1 aliphatic rings. The molecule has 1 heterocycles. The molecule has 0 radical (unpaired) electrons. The van der Waals surface area contributed by atoms with Gasteiger partial charge in [-0.25, -0.2) is 0 Å². The summed E-state index contributed by atoms with van der Waals surface area (Å²) in [6.07, 6.45) is 0. The van der Waals surface area contributed by atoms with E-state index in [0.29, 0.717) is 0 Å². The van der Waals surface area contributed by atoms with E-state index in [4.69, 9.17) is 5.11 Å². The monoisotopic (exact) mass is 229 g/mol. The topological polar surface area (TPSA) is 32.3 Å². The number of aliphatic hydroxyl groups excluding tert-OH is 1. The second-order valence-corrected chi connectivity index (χ2v) is 4.80. The van der Waals surface area contributed by atoms with Gasteiger partial charge in [-0.1, -0.05) is 30.0 Å². The molecular formula is C13H11NOS. The van der Waals surface area contributed by atoms with Crippen molar-refractivity contribution in [2.45, 2.75) is 16.4 Å². The van der Waals surface area contributed by atoms with E-state index in [1.807, 2.05) is 24.3 Å². The van der Waals surface area contributed by atoms with Gasteiger partial charge in [0, 0.05) is 9.79 Å². The van der Waals surface area contributed by atoms with Crippen molar-refractivity contribution in [3.05, 3.63) is 48.0 Å². The molecule has 0 aliphatic carbocycles. The van der Waals surface area contributed by atoms with Gasteiger partial charge in [-0.2, -0.15) is 0 Å². The van der Waals surface area contributed by atoms with Crippen molar-refractivity contribution in [3.63, 3.8) is 0 Å². The van der Waals surface area contributed by atoms with Gasteiger partial charge in [0.15, 0.2) is 0 Å². The fourth-order valence-electron chi connectivity index (χ4n) is 1.78. The minimum atomic E-state index is 0.0846. The third kappa shape index (κ3) is 1.58. The lowest BCUT2D eigenvalue weighted by Crippen LogP contribution is -2.00. The first kappa shape index (κ1) is 9.75. The van der Waals surface area contributed by atoms with Crippen LogP contribution in [0.4, 0.5) is 11.4 Å². The van der Waals surface area contributed by atoms with E-state index in [0.717, 1.165) is 16.9 Å². The predicted molar refractivity (Wildman–Crippen MR) is 66.2 cm³/mol. The molecule has 0 atom stereocenters. The van der Waals surface area contributed by atoms with Crippen molar-refractivity contribution in [3.8, 4) is 0 Å². The van der Waals surface area contributed by atoms with Crippen molar-refractivity contribution < 1.29 is 5.11 Å². The van der Waals surface area contributed by atoms with Gasteiger partial charge in [0.2, 0.25) is 0 Å². The third-order valence-corrected chi connectivity index (χ3v) is 3.75. The summed E-state index contributed by atoms with van der Waals surface area (Å²) in [5, 5.41) is 12.5. The molecule has 1 aliphatic heterocycles. The van der Waals surface area contributed by atoms with E-state index in [1.54, 1.807) is 11.8 Å². The molecule has 80 valence electrons. The lowest BCUT2D eigenvalue weighted by Gasteiger charge is -2.20. The van der Waals surface area contributed by atoms with Gasteiger partial charge >= 0.3 is 0 Å². The molecule has 0 fully saturated rings. The van der Waals surface area contributed by atoms with Crippen molar-refractivity contribution in [2.75, 3.05) is 5.32 Å². The minimum absolute atomic E-state index is 0.0846. The Morgan fingerprint density at radius 3 is 2.69 bits per heavy atom. The first-order valence-electron chi connectivity index (χ1n) is 5.14. The van der Waals surface area contributed by atoms with Crippen LogP contribution in [0.5, 0.6) is 0 Å². The fraction of sp³-hybridized carbons (Fsp3) is 0.0769. The Bertz CT molecular complexity index is 539.